The summed E-state index contributed by atoms with van der Waals surface area (Å²) in [6, 6.07) is 0. The van der Waals surface area contributed by atoms with Crippen LogP contribution in [0.5, 0.6) is 0 Å². The molecule has 1 fully saturated rings. The SMILES string of the molecule is O=C(NCC1CCCO1)c1cncnc1. The van der Waals surface area contributed by atoms with Crippen LogP contribution >= 0.6 is 0 Å². The first-order chi connectivity index (χ1) is 7.36. The van der Waals surface area contributed by atoms with E-state index in [9.17, 15) is 4.79 Å². The van der Waals surface area contributed by atoms with E-state index in [1.165, 1.54) is 18.7 Å². The fourth-order valence-electron chi connectivity index (χ4n) is 1.53. The smallest absolute Gasteiger partial charge is 0.254 e. The summed E-state index contributed by atoms with van der Waals surface area (Å²) in [4.78, 5) is 19.1. The van der Waals surface area contributed by atoms with Crippen LogP contribution in [0.3, 0.4) is 0 Å². The average molecular weight is 207 g/mol. The zero-order chi connectivity index (χ0) is 10.5. The van der Waals surface area contributed by atoms with Crippen molar-refractivity contribution in [3.05, 3.63) is 24.3 Å². The van der Waals surface area contributed by atoms with E-state index in [1.807, 2.05) is 0 Å². The molecule has 80 valence electrons. The van der Waals surface area contributed by atoms with Gasteiger partial charge in [0.25, 0.3) is 5.91 Å². The Hall–Kier alpha value is -1.49. The van der Waals surface area contributed by atoms with Crippen LogP contribution < -0.4 is 5.32 Å². The summed E-state index contributed by atoms with van der Waals surface area (Å²) in [5, 5.41) is 2.80. The Bertz CT molecular complexity index is 323. The summed E-state index contributed by atoms with van der Waals surface area (Å²) in [5.41, 5.74) is 0.482. The number of hydrogen-bond donors (Lipinski definition) is 1. The van der Waals surface area contributed by atoms with Crippen molar-refractivity contribution in [3.8, 4) is 0 Å². The van der Waals surface area contributed by atoms with Gasteiger partial charge in [0.2, 0.25) is 0 Å². The van der Waals surface area contributed by atoms with Gasteiger partial charge in [0.05, 0.1) is 11.7 Å². The lowest BCUT2D eigenvalue weighted by Crippen LogP contribution is -2.31. The second-order valence-corrected chi connectivity index (χ2v) is 3.47. The van der Waals surface area contributed by atoms with Gasteiger partial charge in [-0.15, -0.1) is 0 Å². The van der Waals surface area contributed by atoms with E-state index in [0.29, 0.717) is 12.1 Å². The van der Waals surface area contributed by atoms with E-state index in [1.54, 1.807) is 0 Å². The number of hydrogen-bond acceptors (Lipinski definition) is 4. The number of nitrogens with one attached hydrogen (secondary N) is 1. The van der Waals surface area contributed by atoms with Crippen molar-refractivity contribution in [2.75, 3.05) is 13.2 Å². The van der Waals surface area contributed by atoms with E-state index in [4.69, 9.17) is 4.74 Å². The van der Waals surface area contributed by atoms with Crippen molar-refractivity contribution in [2.45, 2.75) is 18.9 Å². The minimum atomic E-state index is -0.147. The van der Waals surface area contributed by atoms with Crippen LogP contribution in [-0.4, -0.2) is 35.1 Å². The summed E-state index contributed by atoms with van der Waals surface area (Å²) in [6.07, 6.45) is 6.66. The Morgan fingerprint density at radius 2 is 2.33 bits per heavy atom. The number of carbonyl (C=O) groups is 1. The molecule has 0 spiro atoms. The van der Waals surface area contributed by atoms with Gasteiger partial charge in [0.1, 0.15) is 6.33 Å². The Labute approximate surface area is 87.9 Å². The van der Waals surface area contributed by atoms with Crippen LogP contribution in [0.25, 0.3) is 0 Å². The fraction of sp³-hybridized carbons (Fsp3) is 0.500. The van der Waals surface area contributed by atoms with Crippen molar-refractivity contribution in [2.24, 2.45) is 0 Å². The van der Waals surface area contributed by atoms with E-state index < -0.39 is 0 Å². The van der Waals surface area contributed by atoms with Crippen LogP contribution in [0.4, 0.5) is 0 Å². The molecule has 15 heavy (non-hydrogen) atoms. The van der Waals surface area contributed by atoms with Crippen molar-refractivity contribution < 1.29 is 9.53 Å². The summed E-state index contributed by atoms with van der Waals surface area (Å²) in [5.74, 6) is -0.147. The van der Waals surface area contributed by atoms with Crippen LogP contribution in [0, 0.1) is 0 Å². The lowest BCUT2D eigenvalue weighted by Gasteiger charge is -2.10. The van der Waals surface area contributed by atoms with Crippen molar-refractivity contribution in [1.29, 1.82) is 0 Å². The van der Waals surface area contributed by atoms with Gasteiger partial charge in [-0.2, -0.15) is 0 Å². The normalized spacial score (nSPS) is 20.1. The van der Waals surface area contributed by atoms with E-state index in [0.717, 1.165) is 19.4 Å². The zero-order valence-corrected chi connectivity index (χ0v) is 8.35. The topological polar surface area (TPSA) is 64.1 Å². The molecule has 2 heterocycles. The first-order valence-electron chi connectivity index (χ1n) is 5.01. The molecule has 1 saturated heterocycles. The van der Waals surface area contributed by atoms with Gasteiger partial charge < -0.3 is 10.1 Å². The quantitative estimate of drug-likeness (QED) is 0.778. The summed E-state index contributed by atoms with van der Waals surface area (Å²) < 4.78 is 5.39. The summed E-state index contributed by atoms with van der Waals surface area (Å²) >= 11 is 0. The van der Waals surface area contributed by atoms with Crippen LogP contribution in [-0.2, 0) is 4.74 Å². The molecule has 0 aromatic carbocycles. The molecule has 0 saturated carbocycles. The molecule has 1 aliphatic heterocycles. The maximum Gasteiger partial charge on any atom is 0.254 e. The first kappa shape index (κ1) is 10.0. The third-order valence-corrected chi connectivity index (χ3v) is 2.34. The molecule has 2 rings (SSSR count). The molecule has 0 radical (unpaired) electrons. The molecular weight excluding hydrogens is 194 g/mol. The molecule has 1 atom stereocenters. The number of aromatic nitrogens is 2. The number of nitrogens with zero attached hydrogens (tertiary/aromatic N) is 2. The van der Waals surface area contributed by atoms with Crippen molar-refractivity contribution >= 4 is 5.91 Å². The van der Waals surface area contributed by atoms with Gasteiger partial charge in [0, 0.05) is 25.5 Å². The second kappa shape index (κ2) is 4.84. The number of carbonyl (C=O) groups excluding carboxylic acids is 1. The van der Waals surface area contributed by atoms with Crippen LogP contribution in [0.2, 0.25) is 0 Å². The highest BCUT2D eigenvalue weighted by atomic mass is 16.5. The van der Waals surface area contributed by atoms with Crippen LogP contribution in [0.1, 0.15) is 23.2 Å². The molecule has 1 aliphatic rings. The molecule has 1 amide bonds. The maximum absolute atomic E-state index is 11.6. The minimum Gasteiger partial charge on any atom is -0.376 e. The van der Waals surface area contributed by atoms with Gasteiger partial charge >= 0.3 is 0 Å². The molecular formula is C10H13N3O2. The van der Waals surface area contributed by atoms with Crippen molar-refractivity contribution in [1.82, 2.24) is 15.3 Å². The van der Waals surface area contributed by atoms with E-state index >= 15 is 0 Å². The van der Waals surface area contributed by atoms with Gasteiger partial charge in [-0.3, -0.25) is 4.79 Å². The van der Waals surface area contributed by atoms with E-state index in [2.05, 4.69) is 15.3 Å². The highest BCUT2D eigenvalue weighted by Gasteiger charge is 2.16. The standard InChI is InChI=1S/C10H13N3O2/c14-10(8-4-11-7-12-5-8)13-6-9-2-1-3-15-9/h4-5,7,9H,1-3,6H2,(H,13,14). The summed E-state index contributed by atoms with van der Waals surface area (Å²) in [7, 11) is 0. The second-order valence-electron chi connectivity index (χ2n) is 3.47. The molecule has 0 bridgehead atoms. The predicted octanol–water partition coefficient (Wildman–Crippen LogP) is 0.385. The third kappa shape index (κ3) is 2.73. The highest BCUT2D eigenvalue weighted by Crippen LogP contribution is 2.10. The Balaban J connectivity index is 1.82. The lowest BCUT2D eigenvalue weighted by atomic mass is 10.2. The fourth-order valence-corrected chi connectivity index (χ4v) is 1.53. The zero-order valence-electron chi connectivity index (χ0n) is 8.35. The molecule has 1 unspecified atom stereocenters. The number of ether oxygens (including phenoxy) is 1. The number of amides is 1. The molecule has 0 aliphatic carbocycles. The van der Waals surface area contributed by atoms with Gasteiger partial charge in [-0.05, 0) is 12.8 Å². The maximum atomic E-state index is 11.6. The Morgan fingerprint density at radius 3 is 3.00 bits per heavy atom. The molecule has 5 nitrogen and oxygen atoms in total. The Kier molecular flexibility index (Phi) is 3.24. The Morgan fingerprint density at radius 1 is 1.53 bits per heavy atom. The minimum absolute atomic E-state index is 0.147. The monoisotopic (exact) mass is 207 g/mol. The number of rotatable bonds is 3. The van der Waals surface area contributed by atoms with Crippen LogP contribution in [0.15, 0.2) is 18.7 Å². The van der Waals surface area contributed by atoms with Crippen molar-refractivity contribution in [3.63, 3.8) is 0 Å². The molecule has 5 heteroatoms. The molecule has 1 aromatic heterocycles. The highest BCUT2D eigenvalue weighted by molar-refractivity contribution is 5.93. The predicted molar refractivity (Wildman–Crippen MR) is 53.3 cm³/mol. The van der Waals surface area contributed by atoms with Gasteiger partial charge in [0.15, 0.2) is 0 Å². The summed E-state index contributed by atoms with van der Waals surface area (Å²) in [6.45, 7) is 1.36. The van der Waals surface area contributed by atoms with Gasteiger partial charge in [-0.25, -0.2) is 9.97 Å². The molecule has 1 N–H and O–H groups in total. The first-order valence-corrected chi connectivity index (χ1v) is 5.01. The largest absolute Gasteiger partial charge is 0.376 e. The lowest BCUT2D eigenvalue weighted by molar-refractivity contribution is 0.0857. The third-order valence-electron chi connectivity index (χ3n) is 2.34. The van der Waals surface area contributed by atoms with E-state index in [-0.39, 0.29) is 12.0 Å². The molecule has 1 aromatic rings. The average Bonchev–Trinajstić information content (AvgIpc) is 2.80. The van der Waals surface area contributed by atoms with Gasteiger partial charge in [-0.1, -0.05) is 0 Å².